The number of rotatable bonds is 3. The zero-order valence-corrected chi connectivity index (χ0v) is 9.46. The van der Waals surface area contributed by atoms with Crippen LogP contribution >= 0.6 is 0 Å². The van der Waals surface area contributed by atoms with Crippen LogP contribution in [0.2, 0.25) is 0 Å². The van der Waals surface area contributed by atoms with Crippen molar-refractivity contribution in [2.45, 2.75) is 24.3 Å². The number of sulfone groups is 1. The molecule has 0 N–H and O–H groups in total. The molecule has 0 amide bonds. The molecule has 1 heterocycles. The Balaban J connectivity index is 2.17. The summed E-state index contributed by atoms with van der Waals surface area (Å²) in [4.78, 5) is 0.392. The molecule has 0 bridgehead atoms. The van der Waals surface area contributed by atoms with Gasteiger partial charge in [-0.1, -0.05) is 17.7 Å². The SMILES string of the molecule is Cc1ccc(S(=O)(=O)CC2CCO2)cc1. The molecule has 1 aliphatic rings. The van der Waals surface area contributed by atoms with Crippen molar-refractivity contribution >= 4 is 9.84 Å². The van der Waals surface area contributed by atoms with E-state index in [0.717, 1.165) is 12.0 Å². The first-order valence-electron chi connectivity index (χ1n) is 4.99. The van der Waals surface area contributed by atoms with E-state index in [4.69, 9.17) is 4.74 Å². The van der Waals surface area contributed by atoms with E-state index in [9.17, 15) is 8.42 Å². The molecule has 0 aliphatic carbocycles. The Labute approximate surface area is 90.0 Å². The van der Waals surface area contributed by atoms with Crippen LogP contribution in [0.15, 0.2) is 29.2 Å². The molecule has 1 aromatic carbocycles. The first-order chi connectivity index (χ1) is 7.08. The molecule has 1 atom stereocenters. The van der Waals surface area contributed by atoms with Gasteiger partial charge in [-0.25, -0.2) is 8.42 Å². The Bertz CT molecular complexity index is 429. The largest absolute Gasteiger partial charge is 0.377 e. The lowest BCUT2D eigenvalue weighted by molar-refractivity contribution is -0.0352. The van der Waals surface area contributed by atoms with Crippen molar-refractivity contribution in [3.8, 4) is 0 Å². The summed E-state index contributed by atoms with van der Waals surface area (Å²) in [6.45, 7) is 2.62. The van der Waals surface area contributed by atoms with Gasteiger partial charge in [0.25, 0.3) is 0 Å². The lowest BCUT2D eigenvalue weighted by Crippen LogP contribution is -2.33. The molecule has 3 nitrogen and oxygen atoms in total. The smallest absolute Gasteiger partial charge is 0.180 e. The van der Waals surface area contributed by atoms with E-state index in [1.54, 1.807) is 12.1 Å². The molecule has 1 fully saturated rings. The van der Waals surface area contributed by atoms with Crippen molar-refractivity contribution in [3.63, 3.8) is 0 Å². The van der Waals surface area contributed by atoms with Gasteiger partial charge < -0.3 is 4.74 Å². The molecule has 82 valence electrons. The van der Waals surface area contributed by atoms with Crippen LogP contribution in [-0.4, -0.2) is 26.9 Å². The highest BCUT2D eigenvalue weighted by Gasteiger charge is 2.26. The Morgan fingerprint density at radius 3 is 2.40 bits per heavy atom. The molecule has 0 saturated carbocycles. The zero-order chi connectivity index (χ0) is 10.9. The number of ether oxygens (including phenoxy) is 1. The number of benzene rings is 1. The molecule has 1 unspecified atom stereocenters. The van der Waals surface area contributed by atoms with E-state index in [-0.39, 0.29) is 11.9 Å². The van der Waals surface area contributed by atoms with Crippen molar-refractivity contribution in [2.24, 2.45) is 0 Å². The van der Waals surface area contributed by atoms with Gasteiger partial charge in [-0.3, -0.25) is 0 Å². The normalized spacial score (nSPS) is 21.0. The van der Waals surface area contributed by atoms with Crippen molar-refractivity contribution in [1.82, 2.24) is 0 Å². The second-order valence-electron chi connectivity index (χ2n) is 3.88. The molecule has 1 aromatic rings. The molecule has 4 heteroatoms. The predicted molar refractivity (Wildman–Crippen MR) is 57.6 cm³/mol. The molecular weight excluding hydrogens is 212 g/mol. The second-order valence-corrected chi connectivity index (χ2v) is 5.91. The maximum absolute atomic E-state index is 11.9. The van der Waals surface area contributed by atoms with E-state index in [0.29, 0.717) is 11.5 Å². The van der Waals surface area contributed by atoms with Gasteiger partial charge in [-0.15, -0.1) is 0 Å². The first-order valence-corrected chi connectivity index (χ1v) is 6.64. The number of hydrogen-bond acceptors (Lipinski definition) is 3. The Kier molecular flexibility index (Phi) is 2.80. The van der Waals surface area contributed by atoms with Crippen LogP contribution in [0.1, 0.15) is 12.0 Å². The van der Waals surface area contributed by atoms with E-state index >= 15 is 0 Å². The fourth-order valence-electron chi connectivity index (χ4n) is 1.50. The second kappa shape index (κ2) is 3.94. The molecular formula is C11H14O3S. The van der Waals surface area contributed by atoms with Gasteiger partial charge >= 0.3 is 0 Å². The fraction of sp³-hybridized carbons (Fsp3) is 0.455. The van der Waals surface area contributed by atoms with E-state index in [1.807, 2.05) is 19.1 Å². The van der Waals surface area contributed by atoms with Crippen LogP contribution in [0, 0.1) is 6.92 Å². The third-order valence-corrected chi connectivity index (χ3v) is 4.38. The molecule has 2 rings (SSSR count). The highest BCUT2D eigenvalue weighted by molar-refractivity contribution is 7.91. The van der Waals surface area contributed by atoms with Crippen LogP contribution < -0.4 is 0 Å². The zero-order valence-electron chi connectivity index (χ0n) is 8.64. The minimum absolute atomic E-state index is 0.101. The molecule has 0 aromatic heterocycles. The minimum atomic E-state index is -3.16. The van der Waals surface area contributed by atoms with E-state index < -0.39 is 9.84 Å². The van der Waals surface area contributed by atoms with Crippen molar-refractivity contribution in [2.75, 3.05) is 12.4 Å². The maximum atomic E-state index is 11.9. The quantitative estimate of drug-likeness (QED) is 0.785. The summed E-state index contributed by atoms with van der Waals surface area (Å²) in [7, 11) is -3.16. The van der Waals surface area contributed by atoms with Crippen LogP contribution in [0.25, 0.3) is 0 Å². The predicted octanol–water partition coefficient (Wildman–Crippen LogP) is 1.56. The Morgan fingerprint density at radius 1 is 1.33 bits per heavy atom. The van der Waals surface area contributed by atoms with Gasteiger partial charge in [0.15, 0.2) is 9.84 Å². The third kappa shape index (κ3) is 2.38. The Hall–Kier alpha value is -0.870. The van der Waals surface area contributed by atoms with E-state index in [1.165, 1.54) is 0 Å². The van der Waals surface area contributed by atoms with Gasteiger partial charge in [0.2, 0.25) is 0 Å². The average Bonchev–Trinajstić information content (AvgIpc) is 2.13. The summed E-state index contributed by atoms with van der Waals surface area (Å²) in [6.07, 6.45) is 0.752. The highest BCUT2D eigenvalue weighted by Crippen LogP contribution is 2.19. The standard InChI is InChI=1S/C11H14O3S/c1-9-2-4-11(5-3-9)15(12,13)8-10-6-7-14-10/h2-5,10H,6-8H2,1H3. The molecule has 0 spiro atoms. The lowest BCUT2D eigenvalue weighted by atomic mass is 10.2. The summed E-state index contributed by atoms with van der Waals surface area (Å²) < 4.78 is 28.9. The summed E-state index contributed by atoms with van der Waals surface area (Å²) in [5.41, 5.74) is 1.06. The van der Waals surface area contributed by atoms with Crippen molar-refractivity contribution in [1.29, 1.82) is 0 Å². The fourth-order valence-corrected chi connectivity index (χ4v) is 3.00. The van der Waals surface area contributed by atoms with Crippen molar-refractivity contribution in [3.05, 3.63) is 29.8 Å². The third-order valence-electron chi connectivity index (χ3n) is 2.58. The van der Waals surface area contributed by atoms with Crippen LogP contribution in [0.4, 0.5) is 0 Å². The number of aryl methyl sites for hydroxylation is 1. The van der Waals surface area contributed by atoms with Gasteiger partial charge in [0.1, 0.15) is 0 Å². The lowest BCUT2D eigenvalue weighted by Gasteiger charge is -2.25. The van der Waals surface area contributed by atoms with Crippen LogP contribution in [0.3, 0.4) is 0 Å². The van der Waals surface area contributed by atoms with Crippen molar-refractivity contribution < 1.29 is 13.2 Å². The first kappa shape index (κ1) is 10.6. The highest BCUT2D eigenvalue weighted by atomic mass is 32.2. The maximum Gasteiger partial charge on any atom is 0.180 e. The van der Waals surface area contributed by atoms with E-state index in [2.05, 4.69) is 0 Å². The van der Waals surface area contributed by atoms with Gasteiger partial charge in [0.05, 0.1) is 16.8 Å². The minimum Gasteiger partial charge on any atom is -0.377 e. The van der Waals surface area contributed by atoms with Crippen LogP contribution in [0.5, 0.6) is 0 Å². The van der Waals surface area contributed by atoms with Gasteiger partial charge in [-0.05, 0) is 25.5 Å². The molecule has 0 radical (unpaired) electrons. The van der Waals surface area contributed by atoms with Crippen LogP contribution in [-0.2, 0) is 14.6 Å². The molecule has 15 heavy (non-hydrogen) atoms. The summed E-state index contributed by atoms with van der Waals surface area (Å²) in [5.74, 6) is 0.107. The van der Waals surface area contributed by atoms with Gasteiger partial charge in [-0.2, -0.15) is 0 Å². The topological polar surface area (TPSA) is 43.4 Å². The average molecular weight is 226 g/mol. The van der Waals surface area contributed by atoms with Gasteiger partial charge in [0, 0.05) is 6.61 Å². The molecule has 1 saturated heterocycles. The summed E-state index contributed by atoms with van der Waals surface area (Å²) >= 11 is 0. The Morgan fingerprint density at radius 2 is 1.93 bits per heavy atom. The summed E-state index contributed by atoms with van der Waals surface area (Å²) in [5, 5.41) is 0. The monoisotopic (exact) mass is 226 g/mol. The number of hydrogen-bond donors (Lipinski definition) is 0. The summed E-state index contributed by atoms with van der Waals surface area (Å²) in [6, 6.07) is 6.94. The molecule has 1 aliphatic heterocycles.